The second-order valence-corrected chi connectivity index (χ2v) is 4.00. The van der Waals surface area contributed by atoms with Crippen LogP contribution in [0.15, 0.2) is 24.3 Å². The van der Waals surface area contributed by atoms with Gasteiger partial charge in [0, 0.05) is 0 Å². The van der Waals surface area contributed by atoms with Crippen molar-refractivity contribution in [1.29, 1.82) is 0 Å². The summed E-state index contributed by atoms with van der Waals surface area (Å²) < 4.78 is 15.3. The van der Waals surface area contributed by atoms with Crippen molar-refractivity contribution >= 4 is 16.9 Å². The Morgan fingerprint density at radius 3 is 2.89 bits per heavy atom. The van der Waals surface area contributed by atoms with Crippen LogP contribution in [0.25, 0.3) is 16.7 Å². The molecule has 6 heteroatoms. The first kappa shape index (κ1) is 10.8. The molecule has 2 heterocycles. The molecule has 2 aromatic heterocycles. The lowest BCUT2D eigenvalue weighted by Crippen LogP contribution is -2.01. The summed E-state index contributed by atoms with van der Waals surface area (Å²) in [5.41, 5.74) is 7.54. The molecule has 0 aliphatic heterocycles. The molecule has 92 valence electrons. The fourth-order valence-electron chi connectivity index (χ4n) is 2.04. The highest BCUT2D eigenvalue weighted by Gasteiger charge is 2.17. The Bertz CT molecular complexity index is 712. The van der Waals surface area contributed by atoms with Gasteiger partial charge in [-0.1, -0.05) is 19.1 Å². The zero-order valence-corrected chi connectivity index (χ0v) is 9.81. The predicted molar refractivity (Wildman–Crippen MR) is 67.0 cm³/mol. The number of benzene rings is 1. The average Bonchev–Trinajstić information content (AvgIpc) is 2.92. The standard InChI is InChI=1S/C12H12FN5/c1-2-8-10-11(14)15-16-12(10)18(17-8)9-6-4-3-5-7(9)13/h3-6H,2H2,1H3,(H3,14,15,16). The quantitative estimate of drug-likeness (QED) is 0.725. The smallest absolute Gasteiger partial charge is 0.186 e. The third-order valence-electron chi connectivity index (χ3n) is 2.90. The van der Waals surface area contributed by atoms with Crippen LogP contribution >= 0.6 is 0 Å². The molecule has 0 unspecified atom stereocenters. The van der Waals surface area contributed by atoms with E-state index in [0.717, 1.165) is 11.1 Å². The molecule has 0 fully saturated rings. The minimum Gasteiger partial charge on any atom is -0.383 e. The first-order valence-electron chi connectivity index (χ1n) is 5.68. The Morgan fingerprint density at radius 2 is 2.17 bits per heavy atom. The molecule has 0 radical (unpaired) electrons. The topological polar surface area (TPSA) is 72.5 Å². The van der Waals surface area contributed by atoms with Gasteiger partial charge in [0.2, 0.25) is 0 Å². The number of nitrogens with two attached hydrogens (primary N) is 1. The number of anilines is 1. The summed E-state index contributed by atoms with van der Waals surface area (Å²) in [7, 11) is 0. The maximum Gasteiger partial charge on any atom is 0.186 e. The van der Waals surface area contributed by atoms with Gasteiger partial charge < -0.3 is 5.73 Å². The largest absolute Gasteiger partial charge is 0.383 e. The Balaban J connectivity index is 2.34. The number of aromatic nitrogens is 4. The fourth-order valence-corrected chi connectivity index (χ4v) is 2.04. The van der Waals surface area contributed by atoms with Crippen LogP contribution in [0.5, 0.6) is 0 Å². The average molecular weight is 245 g/mol. The van der Waals surface area contributed by atoms with E-state index in [2.05, 4.69) is 15.3 Å². The molecule has 0 saturated heterocycles. The third-order valence-corrected chi connectivity index (χ3v) is 2.90. The molecule has 0 amide bonds. The van der Waals surface area contributed by atoms with Crippen LogP contribution in [0.2, 0.25) is 0 Å². The first-order chi connectivity index (χ1) is 8.72. The number of hydrogen-bond donors (Lipinski definition) is 2. The maximum atomic E-state index is 13.8. The number of aryl methyl sites for hydroxylation is 1. The molecule has 0 aliphatic rings. The number of nitrogens with zero attached hydrogens (tertiary/aromatic N) is 3. The summed E-state index contributed by atoms with van der Waals surface area (Å²) in [4.78, 5) is 0. The van der Waals surface area contributed by atoms with E-state index in [-0.39, 0.29) is 5.82 Å². The first-order valence-corrected chi connectivity index (χ1v) is 5.68. The van der Waals surface area contributed by atoms with Gasteiger partial charge in [0.1, 0.15) is 17.3 Å². The van der Waals surface area contributed by atoms with Crippen molar-refractivity contribution in [3.63, 3.8) is 0 Å². The van der Waals surface area contributed by atoms with Crippen LogP contribution in [-0.4, -0.2) is 20.0 Å². The van der Waals surface area contributed by atoms with Gasteiger partial charge >= 0.3 is 0 Å². The van der Waals surface area contributed by atoms with Gasteiger partial charge in [-0.2, -0.15) is 10.2 Å². The van der Waals surface area contributed by atoms with E-state index in [1.54, 1.807) is 18.2 Å². The van der Waals surface area contributed by atoms with Crippen LogP contribution < -0.4 is 5.73 Å². The number of fused-ring (bicyclic) bond motifs is 1. The number of nitrogen functional groups attached to an aromatic ring is 1. The van der Waals surface area contributed by atoms with Crippen molar-refractivity contribution in [2.45, 2.75) is 13.3 Å². The zero-order chi connectivity index (χ0) is 12.7. The molecule has 0 atom stereocenters. The summed E-state index contributed by atoms with van der Waals surface area (Å²) in [5, 5.41) is 11.9. The Morgan fingerprint density at radius 1 is 1.39 bits per heavy atom. The van der Waals surface area contributed by atoms with Crippen LogP contribution in [-0.2, 0) is 6.42 Å². The Labute approximate surface area is 102 Å². The molecule has 18 heavy (non-hydrogen) atoms. The monoisotopic (exact) mass is 245 g/mol. The Kier molecular flexibility index (Phi) is 2.29. The number of aromatic amines is 1. The van der Waals surface area contributed by atoms with Gasteiger partial charge in [-0.3, -0.25) is 5.10 Å². The van der Waals surface area contributed by atoms with Crippen molar-refractivity contribution < 1.29 is 4.39 Å². The van der Waals surface area contributed by atoms with Crippen molar-refractivity contribution in [1.82, 2.24) is 20.0 Å². The predicted octanol–water partition coefficient (Wildman–Crippen LogP) is 2.03. The number of rotatable bonds is 2. The summed E-state index contributed by atoms with van der Waals surface area (Å²) >= 11 is 0. The van der Waals surface area contributed by atoms with E-state index in [1.165, 1.54) is 10.7 Å². The van der Waals surface area contributed by atoms with E-state index in [9.17, 15) is 4.39 Å². The highest BCUT2D eigenvalue weighted by molar-refractivity contribution is 5.89. The molecule has 3 rings (SSSR count). The fraction of sp³-hybridized carbons (Fsp3) is 0.167. The number of nitrogens with one attached hydrogen (secondary N) is 1. The molecule has 0 saturated carbocycles. The van der Waals surface area contributed by atoms with Crippen LogP contribution in [0.4, 0.5) is 10.2 Å². The summed E-state index contributed by atoms with van der Waals surface area (Å²) in [6.07, 6.45) is 0.710. The van der Waals surface area contributed by atoms with Crippen molar-refractivity contribution in [2.75, 3.05) is 5.73 Å². The molecule has 0 spiro atoms. The normalized spacial score (nSPS) is 11.2. The minimum absolute atomic E-state index is 0.342. The van der Waals surface area contributed by atoms with Crippen molar-refractivity contribution in [3.05, 3.63) is 35.8 Å². The van der Waals surface area contributed by atoms with Gasteiger partial charge in [0.15, 0.2) is 5.65 Å². The molecule has 3 aromatic rings. The van der Waals surface area contributed by atoms with Crippen LogP contribution in [0.1, 0.15) is 12.6 Å². The molecule has 0 aliphatic carbocycles. The maximum absolute atomic E-state index is 13.8. The Hall–Kier alpha value is -2.37. The van der Waals surface area contributed by atoms with Crippen molar-refractivity contribution in [3.8, 4) is 5.69 Å². The summed E-state index contributed by atoms with van der Waals surface area (Å²) in [6, 6.07) is 6.45. The summed E-state index contributed by atoms with van der Waals surface area (Å²) in [5.74, 6) is 0.121. The second kappa shape index (κ2) is 3.83. The highest BCUT2D eigenvalue weighted by Crippen LogP contribution is 2.25. The van der Waals surface area contributed by atoms with E-state index < -0.39 is 0 Å². The van der Waals surface area contributed by atoms with E-state index in [4.69, 9.17) is 5.73 Å². The number of H-pyrrole nitrogens is 1. The minimum atomic E-state index is -0.342. The zero-order valence-electron chi connectivity index (χ0n) is 9.81. The molecule has 3 N–H and O–H groups in total. The van der Waals surface area contributed by atoms with Gasteiger partial charge in [-0.05, 0) is 18.6 Å². The number of halogens is 1. The number of hydrogen-bond acceptors (Lipinski definition) is 3. The molecular weight excluding hydrogens is 233 g/mol. The summed E-state index contributed by atoms with van der Waals surface area (Å²) in [6.45, 7) is 1.97. The molecule has 1 aromatic carbocycles. The van der Waals surface area contributed by atoms with Gasteiger partial charge in [0.05, 0.1) is 11.1 Å². The lowest BCUT2D eigenvalue weighted by atomic mass is 10.2. The lowest BCUT2D eigenvalue weighted by Gasteiger charge is -2.02. The molecule has 5 nitrogen and oxygen atoms in total. The van der Waals surface area contributed by atoms with Crippen LogP contribution in [0, 0.1) is 5.82 Å². The van der Waals surface area contributed by atoms with Gasteiger partial charge in [-0.15, -0.1) is 0 Å². The van der Waals surface area contributed by atoms with Gasteiger partial charge in [-0.25, -0.2) is 9.07 Å². The second-order valence-electron chi connectivity index (χ2n) is 4.00. The molecular formula is C12H12FN5. The SMILES string of the molecule is CCc1nn(-c2ccccc2F)c2n[nH]c(N)c12. The van der Waals surface area contributed by atoms with Crippen LogP contribution in [0.3, 0.4) is 0 Å². The third kappa shape index (κ3) is 1.38. The van der Waals surface area contributed by atoms with E-state index in [0.29, 0.717) is 23.6 Å². The van der Waals surface area contributed by atoms with Gasteiger partial charge in [0.25, 0.3) is 0 Å². The lowest BCUT2D eigenvalue weighted by molar-refractivity contribution is 0.611. The molecule has 0 bridgehead atoms. The van der Waals surface area contributed by atoms with Crippen molar-refractivity contribution in [2.24, 2.45) is 0 Å². The number of para-hydroxylation sites is 1. The van der Waals surface area contributed by atoms with E-state index >= 15 is 0 Å². The highest BCUT2D eigenvalue weighted by atomic mass is 19.1. The van der Waals surface area contributed by atoms with E-state index in [1.807, 2.05) is 6.92 Å².